The number of methoxy groups -OCH3 is 1. The van der Waals surface area contributed by atoms with Crippen LogP contribution in [0, 0.1) is 0 Å². The van der Waals surface area contributed by atoms with Gasteiger partial charge in [-0.15, -0.1) is 0 Å². The molecule has 122 valence electrons. The van der Waals surface area contributed by atoms with E-state index in [4.69, 9.17) is 9.47 Å². The summed E-state index contributed by atoms with van der Waals surface area (Å²) < 4.78 is 11.1. The fraction of sp³-hybridized carbons (Fsp3) is 0.438. The fourth-order valence-corrected chi connectivity index (χ4v) is 3.30. The fourth-order valence-electron chi connectivity index (χ4n) is 2.63. The second-order valence-electron chi connectivity index (χ2n) is 5.40. The van der Waals surface area contributed by atoms with E-state index in [0.29, 0.717) is 24.7 Å². The van der Waals surface area contributed by atoms with Crippen LogP contribution in [0.15, 0.2) is 29.2 Å². The van der Waals surface area contributed by atoms with Crippen molar-refractivity contribution in [2.75, 3.05) is 20.2 Å². The van der Waals surface area contributed by atoms with E-state index in [1.807, 2.05) is 21.7 Å². The van der Waals surface area contributed by atoms with Crippen LogP contribution < -0.4 is 9.47 Å². The quantitative estimate of drug-likeness (QED) is 0.839. The predicted molar refractivity (Wildman–Crippen MR) is 86.8 cm³/mol. The number of rotatable bonds is 5. The molecule has 1 saturated heterocycles. The summed E-state index contributed by atoms with van der Waals surface area (Å²) in [5.74, 6) is 0.893. The molecule has 0 unspecified atom stereocenters. The molecule has 1 amide bonds. The Morgan fingerprint density at radius 2 is 2.22 bits per heavy atom. The molecule has 2 aromatic rings. The monoisotopic (exact) mass is 333 g/mol. The molecule has 0 aliphatic carbocycles. The number of carbonyl (C=O) groups is 1. The van der Waals surface area contributed by atoms with Gasteiger partial charge in [-0.2, -0.15) is 11.3 Å². The largest absolute Gasteiger partial charge is 0.477 e. The van der Waals surface area contributed by atoms with Crippen molar-refractivity contribution in [3.8, 4) is 11.8 Å². The first-order valence-electron chi connectivity index (χ1n) is 7.57. The third-order valence-electron chi connectivity index (χ3n) is 3.77. The van der Waals surface area contributed by atoms with Gasteiger partial charge in [0, 0.05) is 18.9 Å². The summed E-state index contributed by atoms with van der Waals surface area (Å²) in [5.41, 5.74) is 1.07. The molecule has 3 rings (SSSR count). The van der Waals surface area contributed by atoms with Crippen LogP contribution in [-0.2, 0) is 11.2 Å². The van der Waals surface area contributed by atoms with E-state index in [1.54, 1.807) is 23.7 Å². The Kier molecular flexibility index (Phi) is 5.07. The first-order chi connectivity index (χ1) is 11.3. The molecule has 23 heavy (non-hydrogen) atoms. The highest BCUT2D eigenvalue weighted by atomic mass is 32.1. The van der Waals surface area contributed by atoms with Crippen molar-refractivity contribution >= 4 is 17.2 Å². The van der Waals surface area contributed by atoms with Crippen LogP contribution in [-0.4, -0.2) is 47.1 Å². The number of amides is 1. The van der Waals surface area contributed by atoms with Gasteiger partial charge < -0.3 is 14.4 Å². The highest BCUT2D eigenvalue weighted by Crippen LogP contribution is 2.24. The summed E-state index contributed by atoms with van der Waals surface area (Å²) in [4.78, 5) is 22.5. The van der Waals surface area contributed by atoms with Gasteiger partial charge >= 0.3 is 0 Å². The second kappa shape index (κ2) is 7.41. The minimum Gasteiger partial charge on any atom is -0.477 e. The van der Waals surface area contributed by atoms with Crippen molar-refractivity contribution in [1.82, 2.24) is 14.9 Å². The Morgan fingerprint density at radius 3 is 2.96 bits per heavy atom. The number of hydrogen-bond donors (Lipinski definition) is 0. The zero-order valence-electron chi connectivity index (χ0n) is 13.0. The number of piperidine rings is 1. The Balaban J connectivity index is 1.60. The molecule has 0 saturated carbocycles. The summed E-state index contributed by atoms with van der Waals surface area (Å²) in [6.45, 7) is 1.35. The molecule has 0 bridgehead atoms. The molecule has 2 aromatic heterocycles. The Labute approximate surface area is 139 Å². The Bertz CT molecular complexity index is 648. The maximum Gasteiger partial charge on any atom is 0.278 e. The third-order valence-corrected chi connectivity index (χ3v) is 4.50. The first kappa shape index (κ1) is 15.7. The summed E-state index contributed by atoms with van der Waals surface area (Å²) in [7, 11) is 1.54. The maximum atomic E-state index is 12.4. The van der Waals surface area contributed by atoms with Crippen LogP contribution in [0.4, 0.5) is 0 Å². The molecule has 1 atom stereocenters. The van der Waals surface area contributed by atoms with Crippen LogP contribution in [0.5, 0.6) is 11.8 Å². The number of likely N-dealkylation sites (tertiary alicyclic amines) is 1. The zero-order valence-corrected chi connectivity index (χ0v) is 13.8. The van der Waals surface area contributed by atoms with Crippen LogP contribution in [0.3, 0.4) is 0 Å². The van der Waals surface area contributed by atoms with Gasteiger partial charge in [-0.25, -0.2) is 9.97 Å². The van der Waals surface area contributed by atoms with Crippen LogP contribution in [0.2, 0.25) is 0 Å². The molecule has 0 radical (unpaired) electrons. The lowest BCUT2D eigenvalue weighted by Gasteiger charge is -2.32. The van der Waals surface area contributed by atoms with Gasteiger partial charge in [0.2, 0.25) is 5.91 Å². The number of ether oxygens (including phenoxy) is 2. The molecule has 0 N–H and O–H groups in total. The molecule has 1 aliphatic rings. The van der Waals surface area contributed by atoms with Gasteiger partial charge in [0.1, 0.15) is 6.10 Å². The number of carbonyl (C=O) groups excluding carboxylic acids is 1. The predicted octanol–water partition coefficient (Wildman–Crippen LogP) is 2.16. The number of nitrogens with zero attached hydrogens (tertiary/aromatic N) is 3. The van der Waals surface area contributed by atoms with Crippen molar-refractivity contribution < 1.29 is 14.3 Å². The SMILES string of the molecule is COc1nccnc1O[C@@H]1CCCN(C(=O)Cc2ccsc2)C1. The minimum atomic E-state index is -0.0826. The van der Waals surface area contributed by atoms with E-state index in [0.717, 1.165) is 24.9 Å². The van der Waals surface area contributed by atoms with Gasteiger partial charge in [0.15, 0.2) is 0 Å². The van der Waals surface area contributed by atoms with Crippen molar-refractivity contribution in [1.29, 1.82) is 0 Å². The topological polar surface area (TPSA) is 64.6 Å². The van der Waals surface area contributed by atoms with E-state index < -0.39 is 0 Å². The van der Waals surface area contributed by atoms with E-state index in [-0.39, 0.29) is 12.0 Å². The number of hydrogen-bond acceptors (Lipinski definition) is 6. The van der Waals surface area contributed by atoms with Crippen LogP contribution in [0.1, 0.15) is 18.4 Å². The first-order valence-corrected chi connectivity index (χ1v) is 8.51. The molecular formula is C16H19N3O3S. The van der Waals surface area contributed by atoms with Gasteiger partial charge in [0.05, 0.1) is 20.1 Å². The normalized spacial score (nSPS) is 17.8. The maximum absolute atomic E-state index is 12.4. The summed E-state index contributed by atoms with van der Waals surface area (Å²) in [6.07, 6.45) is 5.30. The summed E-state index contributed by atoms with van der Waals surface area (Å²) in [6, 6.07) is 1.99. The van der Waals surface area contributed by atoms with Gasteiger partial charge in [0.25, 0.3) is 11.8 Å². The van der Waals surface area contributed by atoms with Gasteiger partial charge in [-0.3, -0.25) is 4.79 Å². The lowest BCUT2D eigenvalue weighted by atomic mass is 10.1. The molecule has 3 heterocycles. The smallest absolute Gasteiger partial charge is 0.278 e. The van der Waals surface area contributed by atoms with E-state index >= 15 is 0 Å². The number of thiophene rings is 1. The highest BCUT2D eigenvalue weighted by molar-refractivity contribution is 7.07. The summed E-state index contributed by atoms with van der Waals surface area (Å²) in [5, 5.41) is 4.01. The zero-order chi connectivity index (χ0) is 16.1. The Morgan fingerprint density at radius 1 is 1.39 bits per heavy atom. The van der Waals surface area contributed by atoms with E-state index in [9.17, 15) is 4.79 Å². The number of aromatic nitrogens is 2. The van der Waals surface area contributed by atoms with Crippen LogP contribution >= 0.6 is 11.3 Å². The lowest BCUT2D eigenvalue weighted by Crippen LogP contribution is -2.45. The lowest BCUT2D eigenvalue weighted by molar-refractivity contribution is -0.133. The summed E-state index contributed by atoms with van der Waals surface area (Å²) >= 11 is 1.61. The molecule has 0 spiro atoms. The molecule has 0 aromatic carbocycles. The minimum absolute atomic E-state index is 0.0826. The Hall–Kier alpha value is -2.15. The average molecular weight is 333 g/mol. The standard InChI is InChI=1S/C16H19N3O3S/c1-21-15-16(18-6-5-17-15)22-13-3-2-7-19(10-13)14(20)9-12-4-8-23-11-12/h4-6,8,11,13H,2-3,7,9-10H2,1H3/t13-/m1/s1. The van der Waals surface area contributed by atoms with Crippen molar-refractivity contribution in [3.05, 3.63) is 34.8 Å². The van der Waals surface area contributed by atoms with Gasteiger partial charge in [-0.1, -0.05) is 0 Å². The van der Waals surface area contributed by atoms with Crippen molar-refractivity contribution in [2.45, 2.75) is 25.4 Å². The molecule has 1 aliphatic heterocycles. The molecule has 1 fully saturated rings. The van der Waals surface area contributed by atoms with Gasteiger partial charge in [-0.05, 0) is 35.2 Å². The highest BCUT2D eigenvalue weighted by Gasteiger charge is 2.26. The molecule has 7 heteroatoms. The van der Waals surface area contributed by atoms with E-state index in [1.165, 1.54) is 7.11 Å². The van der Waals surface area contributed by atoms with Crippen LogP contribution in [0.25, 0.3) is 0 Å². The molecular weight excluding hydrogens is 314 g/mol. The average Bonchev–Trinajstić information content (AvgIpc) is 3.08. The van der Waals surface area contributed by atoms with E-state index in [2.05, 4.69) is 9.97 Å². The van der Waals surface area contributed by atoms with Crippen molar-refractivity contribution in [2.24, 2.45) is 0 Å². The second-order valence-corrected chi connectivity index (χ2v) is 6.18. The molecule has 6 nitrogen and oxygen atoms in total. The third kappa shape index (κ3) is 3.98. The van der Waals surface area contributed by atoms with Crippen molar-refractivity contribution in [3.63, 3.8) is 0 Å².